The van der Waals surface area contributed by atoms with E-state index >= 15 is 0 Å². The molecular weight excluding hydrogens is 312 g/mol. The molecule has 4 rings (SSSR count). The maximum absolute atomic E-state index is 10.1. The third-order valence-corrected chi connectivity index (χ3v) is 5.79. The van der Waals surface area contributed by atoms with Gasteiger partial charge in [-0.1, -0.05) is 24.3 Å². The Morgan fingerprint density at radius 1 is 1.12 bits per heavy atom. The molecule has 0 spiro atoms. The molecule has 128 valence electrons. The Balaban J connectivity index is 1.72. The van der Waals surface area contributed by atoms with Crippen molar-refractivity contribution in [1.82, 2.24) is 0 Å². The molecule has 0 unspecified atom stereocenters. The first kappa shape index (κ1) is 15.8. The van der Waals surface area contributed by atoms with Crippen molar-refractivity contribution in [2.75, 3.05) is 19.5 Å². The van der Waals surface area contributed by atoms with Gasteiger partial charge in [0, 0.05) is 17.6 Å². The van der Waals surface area contributed by atoms with Crippen LogP contribution in [-0.4, -0.2) is 20.3 Å². The van der Waals surface area contributed by atoms with Gasteiger partial charge in [-0.3, -0.25) is 0 Å². The van der Waals surface area contributed by atoms with Crippen LogP contribution in [-0.2, 0) is 5.41 Å². The fourth-order valence-corrected chi connectivity index (χ4v) is 4.44. The number of para-hydroxylation sites is 1. The molecular formula is C21H22N2O2. The van der Waals surface area contributed by atoms with Crippen LogP contribution >= 0.6 is 0 Å². The lowest BCUT2D eigenvalue weighted by Crippen LogP contribution is -2.38. The monoisotopic (exact) mass is 334 g/mol. The predicted octanol–water partition coefficient (Wildman–Crippen LogP) is 4.23. The molecule has 1 heterocycles. The van der Waals surface area contributed by atoms with E-state index in [1.54, 1.807) is 14.2 Å². The van der Waals surface area contributed by atoms with Crippen molar-refractivity contribution in [3.05, 3.63) is 53.6 Å². The normalized spacial score (nSPS) is 26.8. The number of nitrogens with zero attached hydrogens (tertiary/aromatic N) is 1. The Bertz CT molecular complexity index is 842. The average Bonchev–Trinajstić information content (AvgIpc) is 3.04. The molecule has 2 aromatic rings. The first-order valence-electron chi connectivity index (χ1n) is 8.70. The molecule has 1 fully saturated rings. The molecule has 1 N–H and O–H groups in total. The number of rotatable bonds is 3. The minimum atomic E-state index is -0.486. The molecule has 0 amide bonds. The Kier molecular flexibility index (Phi) is 3.80. The van der Waals surface area contributed by atoms with Gasteiger partial charge in [0.2, 0.25) is 0 Å². The van der Waals surface area contributed by atoms with E-state index in [0.29, 0.717) is 23.5 Å². The summed E-state index contributed by atoms with van der Waals surface area (Å²) in [5.74, 6) is 1.75. The van der Waals surface area contributed by atoms with Crippen molar-refractivity contribution in [2.45, 2.75) is 36.6 Å². The van der Waals surface area contributed by atoms with Gasteiger partial charge in [0.1, 0.15) is 0 Å². The largest absolute Gasteiger partial charge is 0.493 e. The number of nitrogens with one attached hydrogen (secondary N) is 1. The number of methoxy groups -OCH3 is 2. The van der Waals surface area contributed by atoms with Gasteiger partial charge in [0.25, 0.3) is 0 Å². The Hall–Kier alpha value is -2.67. The fourth-order valence-electron chi connectivity index (χ4n) is 4.44. The van der Waals surface area contributed by atoms with E-state index in [9.17, 15) is 5.26 Å². The Labute approximate surface area is 148 Å². The molecule has 2 aliphatic rings. The summed E-state index contributed by atoms with van der Waals surface area (Å²) in [7, 11) is 3.26. The molecule has 0 aromatic heterocycles. The van der Waals surface area contributed by atoms with Crippen molar-refractivity contribution in [2.24, 2.45) is 0 Å². The van der Waals surface area contributed by atoms with Gasteiger partial charge in [-0.15, -0.1) is 0 Å². The van der Waals surface area contributed by atoms with E-state index in [4.69, 9.17) is 9.47 Å². The lowest BCUT2D eigenvalue weighted by atomic mass is 9.64. The Morgan fingerprint density at radius 3 is 2.68 bits per heavy atom. The van der Waals surface area contributed by atoms with Crippen LogP contribution in [0.2, 0.25) is 0 Å². The van der Waals surface area contributed by atoms with Crippen molar-refractivity contribution in [3.8, 4) is 17.6 Å². The van der Waals surface area contributed by atoms with Crippen LogP contribution in [0.25, 0.3) is 0 Å². The zero-order valence-electron chi connectivity index (χ0n) is 14.6. The zero-order valence-corrected chi connectivity index (χ0v) is 14.6. The maximum atomic E-state index is 10.1. The molecule has 4 heteroatoms. The molecule has 1 aliphatic heterocycles. The number of hydrogen-bond donors (Lipinski definition) is 1. The summed E-state index contributed by atoms with van der Waals surface area (Å²) in [4.78, 5) is 0. The highest BCUT2D eigenvalue weighted by Gasteiger charge is 2.46. The van der Waals surface area contributed by atoms with Crippen LogP contribution in [0.15, 0.2) is 42.5 Å². The second-order valence-corrected chi connectivity index (χ2v) is 6.95. The van der Waals surface area contributed by atoms with Crippen LogP contribution < -0.4 is 14.8 Å². The smallest absolute Gasteiger partial charge is 0.161 e. The summed E-state index contributed by atoms with van der Waals surface area (Å²) < 4.78 is 10.8. The van der Waals surface area contributed by atoms with Crippen LogP contribution in [0, 0.1) is 11.3 Å². The van der Waals surface area contributed by atoms with Crippen molar-refractivity contribution in [3.63, 3.8) is 0 Å². The third kappa shape index (κ3) is 2.42. The van der Waals surface area contributed by atoms with Gasteiger partial charge in [-0.05, 0) is 48.6 Å². The highest BCUT2D eigenvalue weighted by molar-refractivity contribution is 5.60. The molecule has 0 bridgehead atoms. The lowest BCUT2D eigenvalue weighted by Gasteiger charge is -2.38. The van der Waals surface area contributed by atoms with Crippen molar-refractivity contribution >= 4 is 5.69 Å². The van der Waals surface area contributed by atoms with Crippen LogP contribution in [0.1, 0.15) is 36.3 Å². The minimum Gasteiger partial charge on any atom is -0.493 e. The minimum absolute atomic E-state index is 0.373. The molecule has 3 atom stereocenters. The molecule has 0 radical (unpaired) electrons. The third-order valence-electron chi connectivity index (χ3n) is 5.79. The van der Waals surface area contributed by atoms with Gasteiger partial charge in [0.05, 0.1) is 25.7 Å². The number of benzene rings is 2. The summed E-state index contributed by atoms with van der Waals surface area (Å²) >= 11 is 0. The molecule has 25 heavy (non-hydrogen) atoms. The van der Waals surface area contributed by atoms with Gasteiger partial charge in [0.15, 0.2) is 11.5 Å². The topological polar surface area (TPSA) is 54.3 Å². The number of nitriles is 1. The van der Waals surface area contributed by atoms with Crippen molar-refractivity contribution < 1.29 is 9.47 Å². The summed E-state index contributed by atoms with van der Waals surface area (Å²) in [6.07, 6.45) is 2.66. The van der Waals surface area contributed by atoms with E-state index in [2.05, 4.69) is 35.7 Å². The Morgan fingerprint density at radius 2 is 1.92 bits per heavy atom. The molecule has 1 aliphatic carbocycles. The highest BCUT2D eigenvalue weighted by Crippen LogP contribution is 2.51. The van der Waals surface area contributed by atoms with Gasteiger partial charge < -0.3 is 14.8 Å². The summed E-state index contributed by atoms with van der Waals surface area (Å²) in [6, 6.07) is 17.4. The fraction of sp³-hybridized carbons (Fsp3) is 0.381. The second-order valence-electron chi connectivity index (χ2n) is 6.95. The molecule has 2 aromatic carbocycles. The first-order valence-corrected chi connectivity index (χ1v) is 8.70. The maximum Gasteiger partial charge on any atom is 0.161 e. The quantitative estimate of drug-likeness (QED) is 0.913. The zero-order chi connectivity index (χ0) is 17.4. The molecule has 4 nitrogen and oxygen atoms in total. The van der Waals surface area contributed by atoms with Crippen LogP contribution in [0.3, 0.4) is 0 Å². The van der Waals surface area contributed by atoms with Gasteiger partial charge in [-0.2, -0.15) is 5.26 Å². The standard InChI is InChI=1S/C21H22N2O2/c1-24-19-8-7-14(11-20(19)25-2)21(13-22)10-9-18-16(12-21)15-5-3-4-6-17(15)23-18/h3-8,11,16,18,23H,9-10,12H2,1-2H3/t16-,18+,21-/m0/s1. The second kappa shape index (κ2) is 6.00. The molecule has 0 saturated heterocycles. The predicted molar refractivity (Wildman–Crippen MR) is 97.3 cm³/mol. The van der Waals surface area contributed by atoms with E-state index in [-0.39, 0.29) is 0 Å². The number of hydrogen-bond acceptors (Lipinski definition) is 4. The highest BCUT2D eigenvalue weighted by atomic mass is 16.5. The summed E-state index contributed by atoms with van der Waals surface area (Å²) in [5.41, 5.74) is 3.10. The van der Waals surface area contributed by atoms with Crippen LogP contribution in [0.4, 0.5) is 5.69 Å². The first-order chi connectivity index (χ1) is 12.2. The summed E-state index contributed by atoms with van der Waals surface area (Å²) in [5, 5.41) is 13.7. The number of ether oxygens (including phenoxy) is 2. The van der Waals surface area contributed by atoms with E-state index in [1.165, 1.54) is 11.3 Å². The number of anilines is 1. The SMILES string of the molecule is COc1ccc([C@@]2(C#N)CC[C@H]3Nc4ccccc4[C@@H]3C2)cc1OC. The van der Waals surface area contributed by atoms with Gasteiger partial charge >= 0.3 is 0 Å². The van der Waals surface area contributed by atoms with E-state index in [0.717, 1.165) is 24.8 Å². The average molecular weight is 334 g/mol. The van der Waals surface area contributed by atoms with Crippen molar-refractivity contribution in [1.29, 1.82) is 5.26 Å². The molecule has 1 saturated carbocycles. The lowest BCUT2D eigenvalue weighted by molar-refractivity contribution is 0.312. The van der Waals surface area contributed by atoms with Crippen LogP contribution in [0.5, 0.6) is 11.5 Å². The van der Waals surface area contributed by atoms with Gasteiger partial charge in [-0.25, -0.2) is 0 Å². The van der Waals surface area contributed by atoms with E-state index < -0.39 is 5.41 Å². The van der Waals surface area contributed by atoms with E-state index in [1.807, 2.05) is 18.2 Å². The number of fused-ring (bicyclic) bond motifs is 3. The summed E-state index contributed by atoms with van der Waals surface area (Å²) in [6.45, 7) is 0.